The Kier molecular flexibility index (Phi) is 5.30. The normalized spacial score (nSPS) is 11.3. The van der Waals surface area contributed by atoms with Gasteiger partial charge in [0.1, 0.15) is 18.0 Å². The zero-order valence-electron chi connectivity index (χ0n) is 15.7. The number of carbonyl (C=O) groups is 2. The molecule has 7 heteroatoms. The van der Waals surface area contributed by atoms with E-state index in [0.29, 0.717) is 24.1 Å². The van der Waals surface area contributed by atoms with E-state index in [1.54, 1.807) is 6.92 Å². The van der Waals surface area contributed by atoms with Crippen LogP contribution in [0.3, 0.4) is 0 Å². The molecular formula is C20H23N3O4. The van der Waals surface area contributed by atoms with Gasteiger partial charge in [-0.25, -0.2) is 4.98 Å². The van der Waals surface area contributed by atoms with Gasteiger partial charge < -0.3 is 19.4 Å². The van der Waals surface area contributed by atoms with Crippen LogP contribution in [-0.2, 0) is 17.6 Å². The molecule has 2 heterocycles. The van der Waals surface area contributed by atoms with Crippen molar-refractivity contribution in [1.29, 1.82) is 0 Å². The number of benzene rings is 1. The molecule has 0 aliphatic heterocycles. The van der Waals surface area contributed by atoms with Crippen molar-refractivity contribution in [3.8, 4) is 0 Å². The number of rotatable bonds is 7. The van der Waals surface area contributed by atoms with Gasteiger partial charge in [0.15, 0.2) is 0 Å². The van der Waals surface area contributed by atoms with Crippen molar-refractivity contribution < 1.29 is 19.1 Å². The Labute approximate surface area is 157 Å². The number of fused-ring (bicyclic) bond motifs is 1. The maximum absolute atomic E-state index is 12.5. The van der Waals surface area contributed by atoms with E-state index >= 15 is 0 Å². The van der Waals surface area contributed by atoms with E-state index in [1.165, 1.54) is 6.26 Å². The topological polar surface area (TPSA) is 97.4 Å². The summed E-state index contributed by atoms with van der Waals surface area (Å²) in [7, 11) is 0. The lowest BCUT2D eigenvalue weighted by atomic mass is 10.1. The number of hydrogen-bond donors (Lipinski definition) is 2. The molecule has 2 aromatic heterocycles. The fraction of sp³-hybridized carbons (Fsp3) is 0.350. The first-order valence-electron chi connectivity index (χ1n) is 8.91. The number of carboxylic acids is 1. The third-order valence-electron chi connectivity index (χ3n) is 4.41. The molecule has 1 amide bonds. The number of amides is 1. The Balaban J connectivity index is 1.73. The summed E-state index contributed by atoms with van der Waals surface area (Å²) >= 11 is 0. The van der Waals surface area contributed by atoms with Crippen LogP contribution in [0.15, 0.2) is 34.9 Å². The highest BCUT2D eigenvalue weighted by Gasteiger charge is 2.20. The molecule has 27 heavy (non-hydrogen) atoms. The molecule has 0 radical (unpaired) electrons. The number of aliphatic carboxylic acids is 1. The van der Waals surface area contributed by atoms with E-state index in [4.69, 9.17) is 9.52 Å². The monoisotopic (exact) mass is 369 g/mol. The fourth-order valence-electron chi connectivity index (χ4n) is 3.29. The maximum atomic E-state index is 12.5. The van der Waals surface area contributed by atoms with Crippen LogP contribution >= 0.6 is 0 Å². The minimum Gasteiger partial charge on any atom is -0.481 e. The van der Waals surface area contributed by atoms with Crippen molar-refractivity contribution in [2.45, 2.75) is 39.7 Å². The van der Waals surface area contributed by atoms with Crippen molar-refractivity contribution in [1.82, 2.24) is 14.9 Å². The molecule has 142 valence electrons. The summed E-state index contributed by atoms with van der Waals surface area (Å²) in [5, 5.41) is 11.8. The summed E-state index contributed by atoms with van der Waals surface area (Å²) in [6.45, 7) is 6.32. The highest BCUT2D eigenvalue weighted by molar-refractivity contribution is 5.97. The summed E-state index contributed by atoms with van der Waals surface area (Å²) in [5.41, 5.74) is 2.93. The summed E-state index contributed by atoms with van der Waals surface area (Å²) in [6.07, 6.45) is 1.66. The van der Waals surface area contributed by atoms with Crippen molar-refractivity contribution in [2.75, 3.05) is 6.54 Å². The molecular weight excluding hydrogens is 346 g/mol. The molecule has 0 aliphatic rings. The highest BCUT2D eigenvalue weighted by atomic mass is 16.4. The van der Waals surface area contributed by atoms with E-state index in [2.05, 4.69) is 28.7 Å². The Morgan fingerprint density at radius 3 is 2.74 bits per heavy atom. The summed E-state index contributed by atoms with van der Waals surface area (Å²) in [5.74, 6) is -0.290. The highest BCUT2D eigenvalue weighted by Crippen LogP contribution is 2.21. The summed E-state index contributed by atoms with van der Waals surface area (Å²) < 4.78 is 7.39. The van der Waals surface area contributed by atoms with Crippen molar-refractivity contribution in [3.63, 3.8) is 0 Å². The molecule has 0 spiro atoms. The van der Waals surface area contributed by atoms with E-state index in [0.717, 1.165) is 16.9 Å². The molecule has 0 aliphatic carbocycles. The molecule has 3 aromatic rings. The molecule has 0 bridgehead atoms. The predicted molar refractivity (Wildman–Crippen MR) is 101 cm³/mol. The van der Waals surface area contributed by atoms with Gasteiger partial charge in [-0.2, -0.15) is 0 Å². The Morgan fingerprint density at radius 2 is 2.04 bits per heavy atom. The smallest absolute Gasteiger partial charge is 0.311 e. The zero-order chi connectivity index (χ0) is 19.6. The van der Waals surface area contributed by atoms with Crippen LogP contribution in [0.1, 0.15) is 47.4 Å². The van der Waals surface area contributed by atoms with Crippen LogP contribution in [0, 0.1) is 6.92 Å². The fourth-order valence-corrected chi connectivity index (χ4v) is 3.29. The van der Waals surface area contributed by atoms with Gasteiger partial charge in [-0.05, 0) is 32.9 Å². The molecule has 3 rings (SSSR count). The SMILES string of the molecule is Cc1coc(CC(=O)O)c1C(=O)NCCc1nc2ccccc2n1C(C)C. The molecule has 0 saturated heterocycles. The zero-order valence-corrected chi connectivity index (χ0v) is 15.7. The quantitative estimate of drug-likeness (QED) is 0.667. The van der Waals surface area contributed by atoms with Crippen LogP contribution in [0.25, 0.3) is 11.0 Å². The average Bonchev–Trinajstić information content (AvgIpc) is 3.14. The molecule has 2 N–H and O–H groups in total. The number of para-hydroxylation sites is 2. The molecule has 1 aromatic carbocycles. The Bertz CT molecular complexity index is 984. The van der Waals surface area contributed by atoms with E-state index in [-0.39, 0.29) is 24.1 Å². The van der Waals surface area contributed by atoms with Gasteiger partial charge >= 0.3 is 5.97 Å². The van der Waals surface area contributed by atoms with Gasteiger partial charge in [0, 0.05) is 24.6 Å². The number of imidazole rings is 1. The number of nitrogens with zero attached hydrogens (tertiary/aromatic N) is 2. The van der Waals surface area contributed by atoms with Crippen LogP contribution in [-0.4, -0.2) is 33.1 Å². The molecule has 0 fully saturated rings. The second-order valence-corrected chi connectivity index (χ2v) is 6.77. The molecule has 7 nitrogen and oxygen atoms in total. The van der Waals surface area contributed by atoms with Gasteiger partial charge in [0.25, 0.3) is 5.91 Å². The van der Waals surface area contributed by atoms with Gasteiger partial charge in [-0.15, -0.1) is 0 Å². The number of carboxylic acid groups (broad SMARTS) is 1. The van der Waals surface area contributed by atoms with Crippen LogP contribution in [0.4, 0.5) is 0 Å². The Hall–Kier alpha value is -3.09. The second kappa shape index (κ2) is 7.65. The first-order chi connectivity index (χ1) is 12.9. The minimum absolute atomic E-state index is 0.173. The maximum Gasteiger partial charge on any atom is 0.311 e. The number of nitrogens with one attached hydrogen (secondary N) is 1. The predicted octanol–water partition coefficient (Wildman–Crippen LogP) is 3.12. The largest absolute Gasteiger partial charge is 0.481 e. The number of aromatic nitrogens is 2. The van der Waals surface area contributed by atoms with Gasteiger partial charge in [0.05, 0.1) is 22.9 Å². The Morgan fingerprint density at radius 1 is 1.30 bits per heavy atom. The van der Waals surface area contributed by atoms with E-state index < -0.39 is 5.97 Å². The van der Waals surface area contributed by atoms with Gasteiger partial charge in [-0.3, -0.25) is 9.59 Å². The van der Waals surface area contributed by atoms with Crippen LogP contribution < -0.4 is 5.32 Å². The van der Waals surface area contributed by atoms with E-state index in [9.17, 15) is 9.59 Å². The average molecular weight is 369 g/mol. The van der Waals surface area contributed by atoms with Gasteiger partial charge in [-0.1, -0.05) is 12.1 Å². The molecule has 0 saturated carbocycles. The van der Waals surface area contributed by atoms with E-state index in [1.807, 2.05) is 24.3 Å². The summed E-state index contributed by atoms with van der Waals surface area (Å²) in [4.78, 5) is 28.1. The lowest BCUT2D eigenvalue weighted by Gasteiger charge is -2.13. The standard InChI is InChI=1S/C20H23N3O4/c1-12(2)23-15-7-5-4-6-14(15)22-17(23)8-9-21-20(26)19-13(3)11-27-16(19)10-18(24)25/h4-7,11-12H,8-10H2,1-3H3,(H,21,26)(H,24,25). The first-order valence-corrected chi connectivity index (χ1v) is 8.91. The van der Waals surface area contributed by atoms with Crippen molar-refractivity contribution in [2.24, 2.45) is 0 Å². The number of aryl methyl sites for hydroxylation is 1. The van der Waals surface area contributed by atoms with Crippen molar-refractivity contribution >= 4 is 22.9 Å². The van der Waals surface area contributed by atoms with Gasteiger partial charge in [0.2, 0.25) is 0 Å². The molecule has 0 unspecified atom stereocenters. The number of carbonyl (C=O) groups excluding carboxylic acids is 1. The molecule has 0 atom stereocenters. The van der Waals surface area contributed by atoms with Crippen LogP contribution in [0.5, 0.6) is 0 Å². The summed E-state index contributed by atoms with van der Waals surface area (Å²) in [6, 6.07) is 8.21. The lowest BCUT2D eigenvalue weighted by molar-refractivity contribution is -0.136. The third kappa shape index (κ3) is 3.86. The second-order valence-electron chi connectivity index (χ2n) is 6.77. The van der Waals surface area contributed by atoms with Crippen molar-refractivity contribution in [3.05, 3.63) is 53.2 Å². The lowest BCUT2D eigenvalue weighted by Crippen LogP contribution is -2.28. The van der Waals surface area contributed by atoms with Crippen LogP contribution in [0.2, 0.25) is 0 Å². The number of hydrogen-bond acceptors (Lipinski definition) is 4. The number of furan rings is 1. The first kappa shape index (κ1) is 18.7. The minimum atomic E-state index is -1.04. The third-order valence-corrected chi connectivity index (χ3v) is 4.41.